The van der Waals surface area contributed by atoms with Gasteiger partial charge in [-0.1, -0.05) is 62.4 Å². The fourth-order valence-electron chi connectivity index (χ4n) is 4.02. The number of rotatable bonds is 13. The number of primary amides is 1. The van der Waals surface area contributed by atoms with Crippen LogP contribution in [0.3, 0.4) is 0 Å². The Balaban J connectivity index is 2.36. The van der Waals surface area contributed by atoms with E-state index in [9.17, 15) is 38.9 Å². The molecule has 0 aliphatic heterocycles. The van der Waals surface area contributed by atoms with Gasteiger partial charge in [0.2, 0.25) is 5.91 Å². The van der Waals surface area contributed by atoms with Gasteiger partial charge in [-0.05, 0) is 42.4 Å². The first kappa shape index (κ1) is 30.0. The van der Waals surface area contributed by atoms with E-state index in [0.29, 0.717) is 16.0 Å². The number of hydrogen-bond donors (Lipinski definition) is 6. The molecule has 0 bridgehead atoms. The number of aromatic hydroxyl groups is 1. The van der Waals surface area contributed by atoms with E-state index in [4.69, 9.17) is 5.73 Å². The van der Waals surface area contributed by atoms with E-state index in [0.717, 1.165) is 0 Å². The third-order valence-electron chi connectivity index (χ3n) is 5.83. The number of carbonyl (C=O) groups excluding carboxylic acids is 2. The molecule has 12 heteroatoms. The zero-order chi connectivity index (χ0) is 27.8. The summed E-state index contributed by atoms with van der Waals surface area (Å²) >= 11 is 0. The zero-order valence-corrected chi connectivity index (χ0v) is 21.6. The van der Waals surface area contributed by atoms with Crippen LogP contribution < -0.4 is 11.1 Å². The van der Waals surface area contributed by atoms with Crippen molar-refractivity contribution in [1.29, 1.82) is 0 Å². The molecule has 7 N–H and O–H groups in total. The highest BCUT2D eigenvalue weighted by Gasteiger charge is 2.40. The lowest BCUT2D eigenvalue weighted by atomic mass is 9.99. The Labute approximate surface area is 215 Å². The normalized spacial score (nSPS) is 14.1. The van der Waals surface area contributed by atoms with Crippen molar-refractivity contribution in [3.8, 4) is 5.75 Å². The van der Waals surface area contributed by atoms with E-state index >= 15 is 0 Å². The number of phenols is 1. The summed E-state index contributed by atoms with van der Waals surface area (Å²) in [5.74, 6) is -4.15. The summed E-state index contributed by atoms with van der Waals surface area (Å²) in [6.07, 6.45) is -0.210. The number of para-hydroxylation sites is 1. The molecule has 202 valence electrons. The van der Waals surface area contributed by atoms with Gasteiger partial charge in [0.1, 0.15) is 17.6 Å². The average molecular weight is 536 g/mol. The van der Waals surface area contributed by atoms with Crippen LogP contribution in [-0.4, -0.2) is 60.7 Å². The highest BCUT2D eigenvalue weighted by atomic mass is 31.2. The van der Waals surface area contributed by atoms with Gasteiger partial charge in [0.05, 0.1) is 6.04 Å². The Bertz CT molecular complexity index is 1120. The Morgan fingerprint density at radius 3 is 2.14 bits per heavy atom. The maximum absolute atomic E-state index is 13.6. The molecule has 37 heavy (non-hydrogen) atoms. The highest BCUT2D eigenvalue weighted by Crippen LogP contribution is 2.42. The number of phenolic OH excluding ortho intramolecular Hbond substituents is 1. The number of carboxylic acids is 1. The van der Waals surface area contributed by atoms with Crippen LogP contribution in [0.5, 0.6) is 5.75 Å². The van der Waals surface area contributed by atoms with Gasteiger partial charge in [0.15, 0.2) is 0 Å². The van der Waals surface area contributed by atoms with Gasteiger partial charge in [0.25, 0.3) is 0 Å². The molecule has 0 radical (unpaired) electrons. The Hall–Kier alpha value is -3.24. The molecule has 0 aliphatic carbocycles. The number of urea groups is 1. The van der Waals surface area contributed by atoms with Crippen LogP contribution in [0.1, 0.15) is 37.8 Å². The molecule has 3 amide bonds. The summed E-state index contributed by atoms with van der Waals surface area (Å²) in [6.45, 7) is 3.54. The van der Waals surface area contributed by atoms with Crippen LogP contribution in [-0.2, 0) is 27.0 Å². The topological polar surface area (TPSA) is 190 Å². The third-order valence-corrected chi connectivity index (χ3v) is 7.05. The molecule has 0 aliphatic rings. The summed E-state index contributed by atoms with van der Waals surface area (Å²) in [6, 6.07) is 10.5. The lowest BCUT2D eigenvalue weighted by Crippen LogP contribution is -2.59. The smallest absolute Gasteiger partial charge is 0.342 e. The summed E-state index contributed by atoms with van der Waals surface area (Å²) in [4.78, 5) is 58.5. The number of amides is 3. The molecule has 0 heterocycles. The number of nitrogens with two attached hydrogens (primary N) is 1. The van der Waals surface area contributed by atoms with E-state index in [1.165, 1.54) is 6.07 Å². The summed E-state index contributed by atoms with van der Waals surface area (Å²) in [5.41, 5.74) is 6.47. The van der Waals surface area contributed by atoms with Gasteiger partial charge >= 0.3 is 19.6 Å². The van der Waals surface area contributed by atoms with E-state index in [-0.39, 0.29) is 37.4 Å². The first-order chi connectivity index (χ1) is 17.3. The van der Waals surface area contributed by atoms with Gasteiger partial charge in [0, 0.05) is 6.42 Å². The van der Waals surface area contributed by atoms with Gasteiger partial charge in [-0.15, -0.1) is 0 Å². The van der Waals surface area contributed by atoms with E-state index < -0.39 is 43.4 Å². The van der Waals surface area contributed by atoms with Crippen LogP contribution in [0.15, 0.2) is 54.6 Å². The van der Waals surface area contributed by atoms with Gasteiger partial charge in [-0.2, -0.15) is 0 Å². The molecule has 3 atom stereocenters. The minimum atomic E-state index is -4.81. The summed E-state index contributed by atoms with van der Waals surface area (Å²) in [5, 5.41) is 22.5. The van der Waals surface area contributed by atoms with Crippen molar-refractivity contribution in [2.45, 2.75) is 57.4 Å². The standard InChI is InChI=1S/C25H34N3O8P/c1-16(2)14-19(27-22(37(34,35)36)13-12-18-10-6-7-11-21(18)29)23(30)28(25(26)33)20(24(31)32)15-17-8-4-3-5-9-17/h3-11,16,19-20,22,27,29H,12-15H2,1-2H3,(H2,26,33)(H,31,32)(H2,34,35,36)/t19-,20-,22?/m0/s1. The summed E-state index contributed by atoms with van der Waals surface area (Å²) < 4.78 is 12.3. The van der Waals surface area contributed by atoms with Crippen molar-refractivity contribution in [1.82, 2.24) is 10.2 Å². The second-order valence-corrected chi connectivity index (χ2v) is 11.0. The van der Waals surface area contributed by atoms with Crippen molar-refractivity contribution < 1.29 is 38.9 Å². The highest BCUT2D eigenvalue weighted by molar-refractivity contribution is 7.52. The van der Waals surface area contributed by atoms with Gasteiger partial charge in [-0.3, -0.25) is 14.7 Å². The predicted octanol–water partition coefficient (Wildman–Crippen LogP) is 2.44. The zero-order valence-electron chi connectivity index (χ0n) is 20.7. The molecular weight excluding hydrogens is 501 g/mol. The molecular formula is C25H34N3O8P. The molecule has 11 nitrogen and oxygen atoms in total. The number of imide groups is 1. The molecule has 0 saturated heterocycles. The van der Waals surface area contributed by atoms with Crippen LogP contribution in [0.25, 0.3) is 0 Å². The van der Waals surface area contributed by atoms with Crippen molar-refractivity contribution in [3.63, 3.8) is 0 Å². The second kappa shape index (κ2) is 13.3. The van der Waals surface area contributed by atoms with Crippen molar-refractivity contribution in [2.75, 3.05) is 0 Å². The number of aryl methyl sites for hydroxylation is 1. The lowest BCUT2D eigenvalue weighted by Gasteiger charge is -2.32. The van der Waals surface area contributed by atoms with Crippen LogP contribution in [0, 0.1) is 5.92 Å². The quantitative estimate of drug-likeness (QED) is 0.209. The van der Waals surface area contributed by atoms with E-state index in [1.807, 2.05) is 0 Å². The maximum Gasteiger partial charge on any atom is 0.342 e. The molecule has 0 saturated carbocycles. The predicted molar refractivity (Wildman–Crippen MR) is 137 cm³/mol. The minimum absolute atomic E-state index is 0.0353. The van der Waals surface area contributed by atoms with Crippen molar-refractivity contribution >= 4 is 25.5 Å². The van der Waals surface area contributed by atoms with E-state index in [1.54, 1.807) is 62.4 Å². The molecule has 0 spiro atoms. The van der Waals surface area contributed by atoms with Gasteiger partial charge < -0.3 is 25.7 Å². The molecule has 2 aromatic rings. The molecule has 2 rings (SSSR count). The van der Waals surface area contributed by atoms with Crippen LogP contribution >= 0.6 is 7.60 Å². The Morgan fingerprint density at radius 2 is 1.62 bits per heavy atom. The molecule has 2 aromatic carbocycles. The number of aliphatic carboxylic acids is 1. The summed E-state index contributed by atoms with van der Waals surface area (Å²) in [7, 11) is -4.81. The molecule has 0 aromatic heterocycles. The number of nitrogens with one attached hydrogen (secondary N) is 1. The first-order valence-electron chi connectivity index (χ1n) is 11.8. The maximum atomic E-state index is 13.6. The number of nitrogens with zero attached hydrogens (tertiary/aromatic N) is 1. The molecule has 0 fully saturated rings. The van der Waals surface area contributed by atoms with Crippen LogP contribution in [0.4, 0.5) is 4.79 Å². The lowest BCUT2D eigenvalue weighted by molar-refractivity contribution is -0.148. The average Bonchev–Trinajstić information content (AvgIpc) is 2.80. The second-order valence-electron chi connectivity index (χ2n) is 9.21. The fraction of sp³-hybridized carbons (Fsp3) is 0.400. The number of carbonyl (C=O) groups is 3. The van der Waals surface area contributed by atoms with Gasteiger partial charge in [-0.25, -0.2) is 14.5 Å². The van der Waals surface area contributed by atoms with Crippen LogP contribution in [0.2, 0.25) is 0 Å². The number of carboxylic acid groups (broad SMARTS) is 1. The SMILES string of the molecule is CC(C)C[C@H](NC(CCc1ccccc1O)P(=O)(O)O)C(=O)N(C(N)=O)[C@@H](Cc1ccccc1)C(=O)O. The Kier molecular flexibility index (Phi) is 10.8. The monoisotopic (exact) mass is 535 g/mol. The Morgan fingerprint density at radius 1 is 1.03 bits per heavy atom. The van der Waals surface area contributed by atoms with E-state index in [2.05, 4.69) is 5.32 Å². The minimum Gasteiger partial charge on any atom is -0.508 e. The van der Waals surface area contributed by atoms with Crippen molar-refractivity contribution in [2.24, 2.45) is 11.7 Å². The largest absolute Gasteiger partial charge is 0.508 e. The number of hydrogen-bond acceptors (Lipinski definition) is 6. The number of benzene rings is 2. The molecule has 1 unspecified atom stereocenters. The van der Waals surface area contributed by atoms with Crippen molar-refractivity contribution in [3.05, 3.63) is 65.7 Å². The third kappa shape index (κ3) is 8.98. The fourth-order valence-corrected chi connectivity index (χ4v) is 4.86. The first-order valence-corrected chi connectivity index (χ1v) is 13.5.